The number of hydrogen-bond donors (Lipinski definition) is 4. The summed E-state index contributed by atoms with van der Waals surface area (Å²) in [5, 5.41) is 31.9. The van der Waals surface area contributed by atoms with Crippen molar-refractivity contribution in [3.8, 4) is 17.8 Å². The smallest absolute Gasteiger partial charge is 0.325 e. The van der Waals surface area contributed by atoms with Gasteiger partial charge in [0, 0.05) is 6.92 Å². The second kappa shape index (κ2) is 8.25. The molecule has 1 amide bonds. The molecule has 0 radical (unpaired) electrons. The molecular weight excluding hydrogens is 338 g/mol. The lowest BCUT2D eigenvalue weighted by molar-refractivity contribution is -0.246. The van der Waals surface area contributed by atoms with Crippen molar-refractivity contribution in [2.24, 2.45) is 0 Å². The first-order valence-corrected chi connectivity index (χ1v) is 7.42. The molecule has 25 heavy (non-hydrogen) atoms. The van der Waals surface area contributed by atoms with Gasteiger partial charge in [0.2, 0.25) is 24.0 Å². The van der Waals surface area contributed by atoms with Gasteiger partial charge in [-0.05, 0) is 0 Å². The lowest BCUT2D eigenvalue weighted by atomic mass is 9.97. The highest BCUT2D eigenvalue weighted by Gasteiger charge is 2.46. The first kappa shape index (κ1) is 19.1. The lowest BCUT2D eigenvalue weighted by Gasteiger charge is -2.41. The molecule has 4 N–H and O–H groups in total. The first-order chi connectivity index (χ1) is 11.9. The van der Waals surface area contributed by atoms with Gasteiger partial charge in [-0.25, -0.2) is 0 Å². The van der Waals surface area contributed by atoms with E-state index in [0.717, 1.165) is 0 Å². The van der Waals surface area contributed by atoms with Gasteiger partial charge in [-0.3, -0.25) is 4.79 Å². The summed E-state index contributed by atoms with van der Waals surface area (Å²) in [6.45, 7) is 0.673. The summed E-state index contributed by atoms with van der Waals surface area (Å²) in [5.41, 5.74) is 0. The third kappa shape index (κ3) is 4.45. The Morgan fingerprint density at radius 1 is 1.24 bits per heavy atom. The van der Waals surface area contributed by atoms with Crippen LogP contribution in [0.25, 0.3) is 0 Å². The SMILES string of the molecule is COc1cc(OC)nc(O[C@H]2O[C@H](CO)[C@H](O)[C@H](O)[C@H]2NC(C)=O)n1. The fraction of sp³-hybridized carbons (Fsp3) is 0.643. The van der Waals surface area contributed by atoms with Gasteiger partial charge in [0.25, 0.3) is 0 Å². The zero-order valence-electron chi connectivity index (χ0n) is 13.9. The van der Waals surface area contributed by atoms with Crippen molar-refractivity contribution in [3.05, 3.63) is 6.07 Å². The van der Waals surface area contributed by atoms with Crippen LogP contribution in [0.15, 0.2) is 6.07 Å². The maximum absolute atomic E-state index is 11.4. The molecule has 1 aliphatic heterocycles. The highest BCUT2D eigenvalue weighted by Crippen LogP contribution is 2.25. The number of aromatic nitrogens is 2. The summed E-state index contributed by atoms with van der Waals surface area (Å²) in [5.74, 6) is -0.152. The minimum absolute atomic E-state index is 0.160. The van der Waals surface area contributed by atoms with Crippen LogP contribution in [0.3, 0.4) is 0 Å². The van der Waals surface area contributed by atoms with E-state index in [1.807, 2.05) is 0 Å². The molecule has 140 valence electrons. The van der Waals surface area contributed by atoms with Crippen molar-refractivity contribution in [2.75, 3.05) is 20.8 Å². The van der Waals surface area contributed by atoms with Crippen LogP contribution in [0.2, 0.25) is 0 Å². The van der Waals surface area contributed by atoms with Gasteiger partial charge in [-0.2, -0.15) is 9.97 Å². The number of methoxy groups -OCH3 is 2. The van der Waals surface area contributed by atoms with Crippen molar-refractivity contribution in [2.45, 2.75) is 37.6 Å². The van der Waals surface area contributed by atoms with Gasteiger partial charge in [-0.15, -0.1) is 0 Å². The molecule has 1 aliphatic rings. The number of amides is 1. The van der Waals surface area contributed by atoms with Crippen molar-refractivity contribution < 1.29 is 39.1 Å². The van der Waals surface area contributed by atoms with Crippen molar-refractivity contribution in [3.63, 3.8) is 0 Å². The molecule has 2 rings (SSSR count). The third-order valence-electron chi connectivity index (χ3n) is 3.55. The number of carbonyl (C=O) groups is 1. The average molecular weight is 359 g/mol. The van der Waals surface area contributed by atoms with Gasteiger partial charge in [0.05, 0.1) is 26.9 Å². The highest BCUT2D eigenvalue weighted by atomic mass is 16.7. The molecule has 2 heterocycles. The average Bonchev–Trinajstić information content (AvgIpc) is 2.60. The van der Waals surface area contributed by atoms with E-state index in [1.54, 1.807) is 0 Å². The third-order valence-corrected chi connectivity index (χ3v) is 3.55. The van der Waals surface area contributed by atoms with Gasteiger partial charge >= 0.3 is 6.01 Å². The number of aliphatic hydroxyl groups excluding tert-OH is 3. The summed E-state index contributed by atoms with van der Waals surface area (Å²) < 4.78 is 20.9. The Labute approximate surface area is 143 Å². The Bertz CT molecular complexity index is 579. The number of hydrogen-bond acceptors (Lipinski definition) is 10. The van der Waals surface area contributed by atoms with E-state index in [4.69, 9.17) is 18.9 Å². The monoisotopic (exact) mass is 359 g/mol. The second-order valence-electron chi connectivity index (χ2n) is 5.29. The summed E-state index contributed by atoms with van der Waals surface area (Å²) in [4.78, 5) is 19.3. The molecule has 11 heteroatoms. The van der Waals surface area contributed by atoms with Crippen LogP contribution in [-0.4, -0.2) is 82.7 Å². The predicted molar refractivity (Wildman–Crippen MR) is 81.1 cm³/mol. The molecule has 0 saturated carbocycles. The zero-order valence-corrected chi connectivity index (χ0v) is 13.9. The zero-order chi connectivity index (χ0) is 18.6. The number of carbonyl (C=O) groups excluding carboxylic acids is 1. The largest absolute Gasteiger partial charge is 0.481 e. The molecule has 1 aromatic heterocycles. The van der Waals surface area contributed by atoms with Gasteiger partial charge in [0.1, 0.15) is 24.4 Å². The van der Waals surface area contributed by atoms with E-state index < -0.39 is 43.2 Å². The number of rotatable bonds is 6. The summed E-state index contributed by atoms with van der Waals surface area (Å²) in [7, 11) is 2.79. The van der Waals surface area contributed by atoms with Crippen LogP contribution in [0.5, 0.6) is 17.8 Å². The second-order valence-corrected chi connectivity index (χ2v) is 5.29. The fourth-order valence-corrected chi connectivity index (χ4v) is 2.32. The van der Waals surface area contributed by atoms with Crippen LogP contribution < -0.4 is 19.5 Å². The number of nitrogens with one attached hydrogen (secondary N) is 1. The molecule has 1 fully saturated rings. The molecule has 1 aromatic rings. The van der Waals surface area contributed by atoms with Crippen LogP contribution in [0, 0.1) is 0 Å². The summed E-state index contributed by atoms with van der Waals surface area (Å²) in [6, 6.07) is 0.114. The first-order valence-electron chi connectivity index (χ1n) is 7.42. The minimum atomic E-state index is -1.44. The molecule has 5 atom stereocenters. The van der Waals surface area contributed by atoms with Crippen LogP contribution >= 0.6 is 0 Å². The quantitative estimate of drug-likeness (QED) is 0.441. The predicted octanol–water partition coefficient (Wildman–Crippen LogP) is -2.18. The fourth-order valence-electron chi connectivity index (χ4n) is 2.32. The van der Waals surface area contributed by atoms with Crippen LogP contribution in [-0.2, 0) is 9.53 Å². The van der Waals surface area contributed by atoms with E-state index in [0.29, 0.717) is 0 Å². The minimum Gasteiger partial charge on any atom is -0.481 e. The molecule has 0 bridgehead atoms. The lowest BCUT2D eigenvalue weighted by Crippen LogP contribution is -2.65. The Kier molecular flexibility index (Phi) is 6.31. The van der Waals surface area contributed by atoms with Crippen LogP contribution in [0.1, 0.15) is 6.92 Å². The number of ether oxygens (including phenoxy) is 4. The Hall–Kier alpha value is -2.21. The molecule has 11 nitrogen and oxygen atoms in total. The van der Waals surface area contributed by atoms with E-state index in [9.17, 15) is 20.1 Å². The Balaban J connectivity index is 2.28. The van der Waals surface area contributed by atoms with E-state index in [1.165, 1.54) is 27.2 Å². The Morgan fingerprint density at radius 3 is 2.32 bits per heavy atom. The van der Waals surface area contributed by atoms with E-state index in [2.05, 4.69) is 15.3 Å². The van der Waals surface area contributed by atoms with Gasteiger partial charge < -0.3 is 39.6 Å². The molecule has 1 saturated heterocycles. The van der Waals surface area contributed by atoms with Crippen molar-refractivity contribution in [1.29, 1.82) is 0 Å². The highest BCUT2D eigenvalue weighted by molar-refractivity contribution is 5.73. The summed E-state index contributed by atoms with van der Waals surface area (Å²) >= 11 is 0. The normalized spacial score (nSPS) is 29.0. The topological polar surface area (TPSA) is 152 Å². The molecule has 0 unspecified atom stereocenters. The van der Waals surface area contributed by atoms with Crippen LogP contribution in [0.4, 0.5) is 0 Å². The maximum atomic E-state index is 11.4. The van der Waals surface area contributed by atoms with Crippen molar-refractivity contribution in [1.82, 2.24) is 15.3 Å². The van der Waals surface area contributed by atoms with Gasteiger partial charge in [-0.1, -0.05) is 0 Å². The molecule has 0 spiro atoms. The number of nitrogens with zero attached hydrogens (tertiary/aromatic N) is 2. The standard InChI is InChI=1S/C14H21N3O8/c1-6(19)15-10-12(21)11(20)7(5-18)24-13(10)25-14-16-8(22-2)4-9(17-14)23-3/h4,7,10-13,18,20-21H,5H2,1-3H3,(H,15,19)/t7-,10-,11+,12-,13-/m1/s1. The maximum Gasteiger partial charge on any atom is 0.325 e. The molecule has 0 aliphatic carbocycles. The van der Waals surface area contributed by atoms with E-state index >= 15 is 0 Å². The van der Waals surface area contributed by atoms with Gasteiger partial charge in [0.15, 0.2) is 0 Å². The molecule has 0 aromatic carbocycles. The van der Waals surface area contributed by atoms with E-state index in [-0.39, 0.29) is 17.8 Å². The van der Waals surface area contributed by atoms with Crippen molar-refractivity contribution >= 4 is 5.91 Å². The Morgan fingerprint density at radius 2 is 1.84 bits per heavy atom. The summed E-state index contributed by atoms with van der Waals surface area (Å²) in [6.07, 6.45) is -5.23. The molecular formula is C14H21N3O8. The number of aliphatic hydroxyl groups is 3.